The van der Waals surface area contributed by atoms with Crippen LogP contribution in [0, 0.1) is 20.8 Å². The number of hydrogen-bond acceptors (Lipinski definition) is 6. The zero-order valence-corrected chi connectivity index (χ0v) is 17.3. The monoisotopic (exact) mass is 408 g/mol. The molecular weight excluding hydrogens is 384 g/mol. The SMILES string of the molecule is COc1ccccc1NC(=O)c1nnn(CC(=O)Nc2c(C)cc(C)cc2C)c1N. The van der Waals surface area contributed by atoms with Gasteiger partial charge in [-0.25, -0.2) is 4.68 Å². The van der Waals surface area contributed by atoms with Gasteiger partial charge in [0.2, 0.25) is 5.91 Å². The van der Waals surface area contributed by atoms with Crippen molar-refractivity contribution in [3.63, 3.8) is 0 Å². The minimum atomic E-state index is -0.547. The standard InChI is InChI=1S/C21H24N6O3/c1-12-9-13(2)18(14(3)10-12)24-17(28)11-27-20(22)19(25-26-27)21(29)23-15-7-5-6-8-16(15)30-4/h5-10H,11,22H2,1-4H3,(H,23,29)(H,24,28). The van der Waals surface area contributed by atoms with E-state index in [1.165, 1.54) is 11.8 Å². The number of carbonyl (C=O) groups is 2. The summed E-state index contributed by atoms with van der Waals surface area (Å²) in [5, 5.41) is 13.2. The van der Waals surface area contributed by atoms with Gasteiger partial charge in [0.05, 0.1) is 12.8 Å². The molecule has 1 heterocycles. The molecule has 0 aliphatic heterocycles. The largest absolute Gasteiger partial charge is 0.495 e. The Labute approximate surface area is 174 Å². The number of benzene rings is 2. The maximum absolute atomic E-state index is 12.6. The number of ether oxygens (including phenoxy) is 1. The third-order valence-corrected chi connectivity index (χ3v) is 4.58. The first-order valence-electron chi connectivity index (χ1n) is 9.31. The number of hydrogen-bond donors (Lipinski definition) is 3. The second kappa shape index (κ2) is 8.64. The van der Waals surface area contributed by atoms with Gasteiger partial charge in [-0.3, -0.25) is 9.59 Å². The summed E-state index contributed by atoms with van der Waals surface area (Å²) < 4.78 is 6.40. The molecule has 0 aliphatic carbocycles. The average Bonchev–Trinajstić information content (AvgIpc) is 3.05. The van der Waals surface area contributed by atoms with Gasteiger partial charge in [-0.2, -0.15) is 0 Å². The summed E-state index contributed by atoms with van der Waals surface area (Å²) in [5.74, 6) is -0.373. The van der Waals surface area contributed by atoms with Gasteiger partial charge in [0.1, 0.15) is 12.3 Å². The van der Waals surface area contributed by atoms with Crippen molar-refractivity contribution in [1.82, 2.24) is 15.0 Å². The molecular formula is C21H24N6O3. The van der Waals surface area contributed by atoms with Gasteiger partial charge in [0, 0.05) is 5.69 Å². The Morgan fingerprint density at radius 1 is 1.10 bits per heavy atom. The van der Waals surface area contributed by atoms with E-state index in [2.05, 4.69) is 20.9 Å². The predicted octanol–water partition coefficient (Wildman–Crippen LogP) is 2.69. The number of aryl methyl sites for hydroxylation is 3. The van der Waals surface area contributed by atoms with Crippen LogP contribution < -0.4 is 21.1 Å². The molecule has 0 unspecified atom stereocenters. The lowest BCUT2D eigenvalue weighted by Crippen LogP contribution is -2.22. The number of methoxy groups -OCH3 is 1. The van der Waals surface area contributed by atoms with E-state index < -0.39 is 5.91 Å². The van der Waals surface area contributed by atoms with Crippen LogP contribution in [0.1, 0.15) is 27.2 Å². The summed E-state index contributed by atoms with van der Waals surface area (Å²) in [5.41, 5.74) is 10.2. The van der Waals surface area contributed by atoms with Crippen LogP contribution in [0.2, 0.25) is 0 Å². The molecule has 3 aromatic rings. The van der Waals surface area contributed by atoms with Crippen molar-refractivity contribution in [2.45, 2.75) is 27.3 Å². The maximum Gasteiger partial charge on any atom is 0.280 e. The number of nitrogens with zero attached hydrogens (tertiary/aromatic N) is 3. The Hall–Kier alpha value is -3.88. The summed E-state index contributed by atoms with van der Waals surface area (Å²) in [6.45, 7) is 5.69. The van der Waals surface area contributed by atoms with Crippen molar-refractivity contribution in [2.75, 3.05) is 23.5 Å². The number of nitrogen functional groups attached to an aromatic ring is 1. The van der Waals surface area contributed by atoms with Crippen LogP contribution in [0.15, 0.2) is 36.4 Å². The Morgan fingerprint density at radius 3 is 2.43 bits per heavy atom. The quantitative estimate of drug-likeness (QED) is 0.576. The van der Waals surface area contributed by atoms with Crippen LogP contribution in [0.3, 0.4) is 0 Å². The molecule has 2 aromatic carbocycles. The van der Waals surface area contributed by atoms with Crippen LogP contribution in [-0.4, -0.2) is 33.9 Å². The van der Waals surface area contributed by atoms with Crippen LogP contribution in [0.25, 0.3) is 0 Å². The number of rotatable bonds is 6. The van der Waals surface area contributed by atoms with Gasteiger partial charge >= 0.3 is 0 Å². The first kappa shape index (κ1) is 20.8. The van der Waals surface area contributed by atoms with Crippen molar-refractivity contribution < 1.29 is 14.3 Å². The zero-order valence-electron chi connectivity index (χ0n) is 17.3. The van der Waals surface area contributed by atoms with Crippen molar-refractivity contribution in [3.05, 3.63) is 58.8 Å². The Bertz CT molecular complexity index is 1080. The van der Waals surface area contributed by atoms with E-state index in [9.17, 15) is 9.59 Å². The maximum atomic E-state index is 12.6. The minimum absolute atomic E-state index is 0.00472. The second-order valence-electron chi connectivity index (χ2n) is 6.96. The Balaban J connectivity index is 1.72. The number of nitrogens with one attached hydrogen (secondary N) is 2. The topological polar surface area (TPSA) is 124 Å². The molecule has 3 rings (SSSR count). The molecule has 0 fully saturated rings. The average molecular weight is 408 g/mol. The minimum Gasteiger partial charge on any atom is -0.495 e. The molecule has 1 aromatic heterocycles. The fourth-order valence-corrected chi connectivity index (χ4v) is 3.22. The summed E-state index contributed by atoms with van der Waals surface area (Å²) >= 11 is 0. The third kappa shape index (κ3) is 4.40. The lowest BCUT2D eigenvalue weighted by atomic mass is 10.1. The molecule has 0 saturated carbocycles. The van der Waals surface area contributed by atoms with Crippen LogP contribution in [0.4, 0.5) is 17.2 Å². The van der Waals surface area contributed by atoms with Crippen LogP contribution >= 0.6 is 0 Å². The number of carbonyl (C=O) groups excluding carboxylic acids is 2. The summed E-state index contributed by atoms with van der Waals surface area (Å²) in [7, 11) is 1.51. The molecule has 0 radical (unpaired) electrons. The lowest BCUT2D eigenvalue weighted by molar-refractivity contribution is -0.116. The van der Waals surface area contributed by atoms with E-state index >= 15 is 0 Å². The van der Waals surface area contributed by atoms with E-state index in [0.29, 0.717) is 11.4 Å². The van der Waals surface area contributed by atoms with Gasteiger partial charge in [-0.15, -0.1) is 5.10 Å². The first-order valence-corrected chi connectivity index (χ1v) is 9.31. The highest BCUT2D eigenvalue weighted by atomic mass is 16.5. The molecule has 4 N–H and O–H groups in total. The number of anilines is 3. The molecule has 0 bridgehead atoms. The van der Waals surface area contributed by atoms with Crippen LogP contribution in [0.5, 0.6) is 5.75 Å². The van der Waals surface area contributed by atoms with E-state index in [1.54, 1.807) is 24.3 Å². The highest BCUT2D eigenvalue weighted by Gasteiger charge is 2.20. The van der Waals surface area contributed by atoms with E-state index in [4.69, 9.17) is 10.5 Å². The van der Waals surface area contributed by atoms with Gasteiger partial charge in [-0.1, -0.05) is 35.0 Å². The van der Waals surface area contributed by atoms with Crippen molar-refractivity contribution in [2.24, 2.45) is 0 Å². The molecule has 9 nitrogen and oxygen atoms in total. The van der Waals surface area contributed by atoms with Crippen molar-refractivity contribution in [1.29, 1.82) is 0 Å². The lowest BCUT2D eigenvalue weighted by Gasteiger charge is -2.13. The fraction of sp³-hybridized carbons (Fsp3) is 0.238. The molecule has 2 amide bonds. The fourth-order valence-electron chi connectivity index (χ4n) is 3.22. The molecule has 156 valence electrons. The molecule has 0 spiro atoms. The van der Waals surface area contributed by atoms with Gasteiger partial charge in [0.15, 0.2) is 11.5 Å². The van der Waals surface area contributed by atoms with Crippen LogP contribution in [-0.2, 0) is 11.3 Å². The normalized spacial score (nSPS) is 10.5. The summed E-state index contributed by atoms with van der Waals surface area (Å²) in [6, 6.07) is 10.9. The molecule has 30 heavy (non-hydrogen) atoms. The summed E-state index contributed by atoms with van der Waals surface area (Å²) in [6.07, 6.45) is 0. The van der Waals surface area contributed by atoms with E-state index in [-0.39, 0.29) is 24.0 Å². The van der Waals surface area contributed by atoms with E-state index in [1.807, 2.05) is 32.9 Å². The Morgan fingerprint density at radius 2 is 1.77 bits per heavy atom. The number of nitrogens with two attached hydrogens (primary N) is 1. The molecule has 0 aliphatic rings. The van der Waals surface area contributed by atoms with Crippen molar-refractivity contribution in [3.8, 4) is 5.75 Å². The highest BCUT2D eigenvalue weighted by molar-refractivity contribution is 6.06. The summed E-state index contributed by atoms with van der Waals surface area (Å²) in [4.78, 5) is 25.1. The number of aromatic nitrogens is 3. The predicted molar refractivity (Wildman–Crippen MR) is 115 cm³/mol. The zero-order chi connectivity index (χ0) is 21.8. The molecule has 9 heteroatoms. The molecule has 0 saturated heterocycles. The molecule has 0 atom stereocenters. The number of para-hydroxylation sites is 2. The van der Waals surface area contributed by atoms with Gasteiger partial charge in [0.25, 0.3) is 5.91 Å². The smallest absolute Gasteiger partial charge is 0.280 e. The number of amides is 2. The second-order valence-corrected chi connectivity index (χ2v) is 6.96. The third-order valence-electron chi connectivity index (χ3n) is 4.58. The van der Waals surface area contributed by atoms with Gasteiger partial charge < -0.3 is 21.1 Å². The van der Waals surface area contributed by atoms with Crippen molar-refractivity contribution >= 4 is 29.0 Å². The first-order chi connectivity index (χ1) is 14.3. The Kier molecular flexibility index (Phi) is 6.01. The van der Waals surface area contributed by atoms with E-state index in [0.717, 1.165) is 22.4 Å². The highest BCUT2D eigenvalue weighted by Crippen LogP contribution is 2.24. The van der Waals surface area contributed by atoms with Gasteiger partial charge in [-0.05, 0) is 44.0 Å².